The van der Waals surface area contributed by atoms with E-state index >= 15 is 0 Å². The molecule has 7 nitrogen and oxygen atoms in total. The highest BCUT2D eigenvalue weighted by Crippen LogP contribution is 2.30. The molecule has 0 radical (unpaired) electrons. The lowest BCUT2D eigenvalue weighted by Crippen LogP contribution is -2.52. The lowest BCUT2D eigenvalue weighted by molar-refractivity contribution is -0.136. The number of nitrogens with zero attached hydrogens (tertiary/aromatic N) is 1. The summed E-state index contributed by atoms with van der Waals surface area (Å²) < 4.78 is 5.73. The first-order chi connectivity index (χ1) is 13.0. The van der Waals surface area contributed by atoms with Gasteiger partial charge in [-0.2, -0.15) is 0 Å². The van der Waals surface area contributed by atoms with E-state index in [4.69, 9.17) is 4.74 Å². The molecule has 27 heavy (non-hydrogen) atoms. The number of nitrogens with one attached hydrogen (secondary N) is 1. The Bertz CT molecular complexity index is 940. The smallest absolute Gasteiger partial charge is 0.255 e. The van der Waals surface area contributed by atoms with Gasteiger partial charge in [-0.25, -0.2) is 0 Å². The van der Waals surface area contributed by atoms with Crippen LogP contribution in [0.3, 0.4) is 0 Å². The second kappa shape index (κ2) is 6.75. The van der Waals surface area contributed by atoms with E-state index in [9.17, 15) is 19.5 Å². The summed E-state index contributed by atoms with van der Waals surface area (Å²) in [4.78, 5) is 37.7. The van der Waals surface area contributed by atoms with Gasteiger partial charge in [0.1, 0.15) is 24.1 Å². The second-order valence-corrected chi connectivity index (χ2v) is 6.68. The van der Waals surface area contributed by atoms with Crippen LogP contribution < -0.4 is 10.1 Å². The third-order valence-electron chi connectivity index (χ3n) is 4.82. The maximum absolute atomic E-state index is 12.8. The molecule has 2 aromatic rings. The number of benzene rings is 2. The summed E-state index contributed by atoms with van der Waals surface area (Å²) in [5.41, 5.74) is 2.15. The van der Waals surface area contributed by atoms with Crippen molar-refractivity contribution in [3.63, 3.8) is 0 Å². The van der Waals surface area contributed by atoms with Crippen LogP contribution in [-0.4, -0.2) is 33.8 Å². The van der Waals surface area contributed by atoms with Gasteiger partial charge in [-0.05, 0) is 41.8 Å². The number of hydrogen-bond donors (Lipinski definition) is 2. The number of phenolic OH excluding ortho intramolecular Hbond substituents is 1. The van der Waals surface area contributed by atoms with Gasteiger partial charge in [0, 0.05) is 18.5 Å². The maximum Gasteiger partial charge on any atom is 0.255 e. The largest absolute Gasteiger partial charge is 0.508 e. The zero-order valence-corrected chi connectivity index (χ0v) is 14.5. The Hall–Kier alpha value is -3.35. The zero-order chi connectivity index (χ0) is 19.0. The Morgan fingerprint density at radius 3 is 2.78 bits per heavy atom. The molecule has 0 saturated carbocycles. The summed E-state index contributed by atoms with van der Waals surface area (Å²) in [6, 6.07) is 11.4. The number of ether oxygens (including phenoxy) is 1. The molecule has 2 heterocycles. The van der Waals surface area contributed by atoms with Gasteiger partial charge in [0.2, 0.25) is 11.8 Å². The van der Waals surface area contributed by atoms with Crippen LogP contribution in [0.1, 0.15) is 34.3 Å². The van der Waals surface area contributed by atoms with Crippen LogP contribution in [0.15, 0.2) is 42.5 Å². The van der Waals surface area contributed by atoms with Crippen LogP contribution in [0.25, 0.3) is 0 Å². The highest BCUT2D eigenvalue weighted by Gasteiger charge is 2.39. The second-order valence-electron chi connectivity index (χ2n) is 6.68. The van der Waals surface area contributed by atoms with Gasteiger partial charge in [0.25, 0.3) is 5.91 Å². The van der Waals surface area contributed by atoms with Crippen molar-refractivity contribution in [2.24, 2.45) is 0 Å². The van der Waals surface area contributed by atoms with Crippen molar-refractivity contribution < 1.29 is 24.2 Å². The summed E-state index contributed by atoms with van der Waals surface area (Å²) in [5, 5.41) is 11.8. The molecule has 4 rings (SSSR count). The topological polar surface area (TPSA) is 95.9 Å². The molecule has 2 N–H and O–H groups in total. The van der Waals surface area contributed by atoms with Crippen LogP contribution in [0.2, 0.25) is 0 Å². The number of amides is 3. The van der Waals surface area contributed by atoms with Gasteiger partial charge < -0.3 is 14.7 Å². The number of carbonyl (C=O) groups is 3. The fourth-order valence-corrected chi connectivity index (χ4v) is 3.44. The highest BCUT2D eigenvalue weighted by molar-refractivity contribution is 6.05. The van der Waals surface area contributed by atoms with Gasteiger partial charge in [-0.15, -0.1) is 0 Å². The van der Waals surface area contributed by atoms with E-state index in [-0.39, 0.29) is 30.6 Å². The van der Waals surface area contributed by atoms with Crippen LogP contribution in [0.5, 0.6) is 11.5 Å². The molecule has 0 spiro atoms. The van der Waals surface area contributed by atoms with Crippen molar-refractivity contribution in [2.75, 3.05) is 0 Å². The molecule has 1 unspecified atom stereocenters. The van der Waals surface area contributed by atoms with E-state index < -0.39 is 11.9 Å². The van der Waals surface area contributed by atoms with Crippen molar-refractivity contribution in [3.05, 3.63) is 59.2 Å². The van der Waals surface area contributed by atoms with E-state index in [0.29, 0.717) is 24.3 Å². The molecule has 0 aromatic heterocycles. The number of imide groups is 1. The van der Waals surface area contributed by atoms with Crippen molar-refractivity contribution in [2.45, 2.75) is 32.0 Å². The summed E-state index contributed by atoms with van der Waals surface area (Å²) in [5.74, 6) is -0.256. The minimum atomic E-state index is -0.626. The van der Waals surface area contributed by atoms with Crippen molar-refractivity contribution in [1.29, 1.82) is 0 Å². The first-order valence-corrected chi connectivity index (χ1v) is 8.69. The number of aromatic hydroxyl groups is 1. The summed E-state index contributed by atoms with van der Waals surface area (Å²) in [7, 11) is 0. The Morgan fingerprint density at radius 2 is 2.00 bits per heavy atom. The fraction of sp³-hybridized carbons (Fsp3) is 0.250. The minimum Gasteiger partial charge on any atom is -0.508 e. The van der Waals surface area contributed by atoms with Gasteiger partial charge in [0.15, 0.2) is 0 Å². The Kier molecular flexibility index (Phi) is 4.27. The first-order valence-electron chi connectivity index (χ1n) is 8.69. The lowest BCUT2D eigenvalue weighted by Gasteiger charge is -2.29. The minimum absolute atomic E-state index is 0.167. The van der Waals surface area contributed by atoms with E-state index in [2.05, 4.69) is 5.32 Å². The zero-order valence-electron chi connectivity index (χ0n) is 14.5. The first kappa shape index (κ1) is 17.1. The van der Waals surface area contributed by atoms with Crippen molar-refractivity contribution in [1.82, 2.24) is 10.2 Å². The van der Waals surface area contributed by atoms with E-state index in [0.717, 1.165) is 11.1 Å². The standard InChI is InChI=1S/C20H18N2O5/c23-14-3-1-2-12(8-14)11-27-15-5-4-13-10-22(20(26)16(13)9-15)17-6-7-18(24)21-19(17)25/h1-5,8-9,17,23H,6-7,10-11H2,(H,21,24,25). The average molecular weight is 366 g/mol. The van der Waals surface area contributed by atoms with E-state index in [1.165, 1.54) is 4.90 Å². The lowest BCUT2D eigenvalue weighted by atomic mass is 10.0. The quantitative estimate of drug-likeness (QED) is 0.804. The number of piperidine rings is 1. The van der Waals surface area contributed by atoms with Gasteiger partial charge in [0.05, 0.1) is 0 Å². The summed E-state index contributed by atoms with van der Waals surface area (Å²) in [6.45, 7) is 0.603. The molecule has 2 aliphatic heterocycles. The molecular weight excluding hydrogens is 348 g/mol. The molecular formula is C20H18N2O5. The van der Waals surface area contributed by atoms with Crippen molar-refractivity contribution >= 4 is 17.7 Å². The molecule has 7 heteroatoms. The molecule has 1 atom stereocenters. The highest BCUT2D eigenvalue weighted by atomic mass is 16.5. The van der Waals surface area contributed by atoms with Crippen LogP contribution in [-0.2, 0) is 22.7 Å². The number of fused-ring (bicyclic) bond motifs is 1. The predicted molar refractivity (Wildman–Crippen MR) is 94.9 cm³/mol. The van der Waals surface area contributed by atoms with Crippen molar-refractivity contribution in [3.8, 4) is 11.5 Å². The molecule has 3 amide bonds. The van der Waals surface area contributed by atoms with Crippen LogP contribution >= 0.6 is 0 Å². The van der Waals surface area contributed by atoms with Crippen LogP contribution in [0, 0.1) is 0 Å². The number of phenols is 1. The fourth-order valence-electron chi connectivity index (χ4n) is 3.44. The Morgan fingerprint density at radius 1 is 1.15 bits per heavy atom. The predicted octanol–water partition coefficient (Wildman–Crippen LogP) is 1.73. The Balaban J connectivity index is 1.48. The molecule has 0 bridgehead atoms. The average Bonchev–Trinajstić information content (AvgIpc) is 2.96. The molecule has 1 saturated heterocycles. The SMILES string of the molecule is O=C1CCC(N2Cc3ccc(OCc4cccc(O)c4)cc3C2=O)C(=O)N1. The van der Waals surface area contributed by atoms with E-state index in [1.807, 2.05) is 12.1 Å². The molecule has 2 aromatic carbocycles. The Labute approximate surface area is 155 Å². The van der Waals surface area contributed by atoms with E-state index in [1.54, 1.807) is 30.3 Å². The monoisotopic (exact) mass is 366 g/mol. The van der Waals surface area contributed by atoms with Crippen LogP contribution in [0.4, 0.5) is 0 Å². The van der Waals surface area contributed by atoms with Gasteiger partial charge in [-0.1, -0.05) is 18.2 Å². The summed E-state index contributed by atoms with van der Waals surface area (Å²) >= 11 is 0. The molecule has 0 aliphatic carbocycles. The molecule has 2 aliphatic rings. The summed E-state index contributed by atoms with van der Waals surface area (Å²) in [6.07, 6.45) is 0.570. The van der Waals surface area contributed by atoms with Gasteiger partial charge >= 0.3 is 0 Å². The normalized spacial score (nSPS) is 19.0. The number of hydrogen-bond acceptors (Lipinski definition) is 5. The number of rotatable bonds is 4. The molecule has 1 fully saturated rings. The number of carbonyl (C=O) groups excluding carboxylic acids is 3. The third kappa shape index (κ3) is 3.36. The molecule has 138 valence electrons. The third-order valence-corrected chi connectivity index (χ3v) is 4.82. The van der Waals surface area contributed by atoms with Gasteiger partial charge in [-0.3, -0.25) is 19.7 Å². The maximum atomic E-state index is 12.8.